The molecule has 0 aliphatic heterocycles. The van der Waals surface area contributed by atoms with Crippen LogP contribution >= 0.6 is 0 Å². The summed E-state index contributed by atoms with van der Waals surface area (Å²) in [4.78, 5) is 37.7. The highest BCUT2D eigenvalue weighted by Crippen LogP contribution is 2.15. The summed E-state index contributed by atoms with van der Waals surface area (Å²) in [5, 5.41) is 14.4. The van der Waals surface area contributed by atoms with E-state index >= 15 is 0 Å². The largest absolute Gasteiger partial charge is 0.477 e. The normalized spacial score (nSPS) is 11.1. The zero-order valence-corrected chi connectivity index (χ0v) is 15.0. The zero-order chi connectivity index (χ0) is 19.5. The van der Waals surface area contributed by atoms with Crippen LogP contribution in [0.3, 0.4) is 0 Å². The molecule has 140 valence electrons. The van der Waals surface area contributed by atoms with Crippen LogP contribution in [0.25, 0.3) is 0 Å². The van der Waals surface area contributed by atoms with Gasteiger partial charge < -0.3 is 24.7 Å². The van der Waals surface area contributed by atoms with Crippen LogP contribution in [0.5, 0.6) is 0 Å². The van der Waals surface area contributed by atoms with Gasteiger partial charge in [-0.25, -0.2) is 9.59 Å². The summed E-state index contributed by atoms with van der Waals surface area (Å²) >= 11 is 0. The maximum absolute atomic E-state index is 12.2. The molecular formula is C17H22N4O5. The summed E-state index contributed by atoms with van der Waals surface area (Å²) in [7, 11) is 1.61. The van der Waals surface area contributed by atoms with Crippen molar-refractivity contribution in [2.75, 3.05) is 17.2 Å². The number of Topliss-reactive ketones (excluding diaryl/α,β-unsaturated/α-hetero) is 1. The first kappa shape index (κ1) is 19.1. The van der Waals surface area contributed by atoms with E-state index in [1.54, 1.807) is 34.0 Å². The number of carbonyl (C=O) groups excluding carboxylic acids is 2. The molecule has 0 aliphatic carbocycles. The molecule has 0 radical (unpaired) electrons. The maximum Gasteiger partial charge on any atom is 0.412 e. The molecule has 2 rings (SSSR count). The first-order chi connectivity index (χ1) is 12.0. The van der Waals surface area contributed by atoms with E-state index in [1.165, 1.54) is 22.9 Å². The van der Waals surface area contributed by atoms with Crippen LogP contribution in [-0.4, -0.2) is 44.6 Å². The lowest BCUT2D eigenvalue weighted by atomic mass is 10.2. The van der Waals surface area contributed by atoms with E-state index in [0.29, 0.717) is 17.1 Å². The Morgan fingerprint density at radius 3 is 2.50 bits per heavy atom. The van der Waals surface area contributed by atoms with Crippen LogP contribution in [0.15, 0.2) is 24.5 Å². The van der Waals surface area contributed by atoms with Crippen LogP contribution < -0.4 is 10.6 Å². The highest BCUT2D eigenvalue weighted by molar-refractivity contribution is 5.99. The van der Waals surface area contributed by atoms with E-state index in [9.17, 15) is 14.4 Å². The van der Waals surface area contributed by atoms with Gasteiger partial charge in [-0.1, -0.05) is 0 Å². The van der Waals surface area contributed by atoms with E-state index in [1.807, 2.05) is 0 Å². The van der Waals surface area contributed by atoms with Gasteiger partial charge in [0.25, 0.3) is 0 Å². The van der Waals surface area contributed by atoms with Crippen LogP contribution in [-0.2, 0) is 11.8 Å². The summed E-state index contributed by atoms with van der Waals surface area (Å²) in [6.45, 7) is 5.23. The van der Waals surface area contributed by atoms with Gasteiger partial charge in [-0.05, 0) is 32.9 Å². The first-order valence-corrected chi connectivity index (χ1v) is 7.90. The van der Waals surface area contributed by atoms with Gasteiger partial charge in [0.15, 0.2) is 5.78 Å². The van der Waals surface area contributed by atoms with Crippen molar-refractivity contribution in [2.24, 2.45) is 7.05 Å². The van der Waals surface area contributed by atoms with Crippen LogP contribution in [0.2, 0.25) is 0 Å². The molecule has 26 heavy (non-hydrogen) atoms. The van der Waals surface area contributed by atoms with Gasteiger partial charge in [0.05, 0.1) is 23.6 Å². The number of nitrogens with one attached hydrogen (secondary N) is 3. The van der Waals surface area contributed by atoms with Crippen LogP contribution in [0, 0.1) is 0 Å². The first-order valence-electron chi connectivity index (χ1n) is 7.90. The SMILES string of the molecule is Cn1cc(NCC(=O)c2cc(NC(=O)OC(C)(C)C)c[nH]2)cc1C(=O)O. The van der Waals surface area contributed by atoms with Crippen molar-refractivity contribution in [1.29, 1.82) is 0 Å². The number of hydrogen-bond acceptors (Lipinski definition) is 5. The Morgan fingerprint density at radius 1 is 1.23 bits per heavy atom. The minimum atomic E-state index is -1.05. The number of carboxylic acids is 1. The second-order valence-electron chi connectivity index (χ2n) is 6.74. The summed E-state index contributed by atoms with van der Waals surface area (Å²) in [6, 6.07) is 2.95. The Balaban J connectivity index is 1.92. The number of ketones is 1. The molecule has 0 atom stereocenters. The monoisotopic (exact) mass is 362 g/mol. The Labute approximate surface area is 150 Å². The molecule has 9 heteroatoms. The number of rotatable bonds is 6. The molecule has 0 saturated carbocycles. The third-order valence-electron chi connectivity index (χ3n) is 3.31. The van der Waals surface area contributed by atoms with Gasteiger partial charge in [0.1, 0.15) is 11.3 Å². The number of nitrogens with zero attached hydrogens (tertiary/aromatic N) is 1. The van der Waals surface area contributed by atoms with Gasteiger partial charge >= 0.3 is 12.1 Å². The van der Waals surface area contributed by atoms with Crippen molar-refractivity contribution in [2.45, 2.75) is 26.4 Å². The fourth-order valence-electron chi connectivity index (χ4n) is 2.20. The van der Waals surface area contributed by atoms with Gasteiger partial charge in [0, 0.05) is 19.4 Å². The minimum Gasteiger partial charge on any atom is -0.477 e. The predicted octanol–water partition coefficient (Wildman–Crippen LogP) is 2.69. The second-order valence-corrected chi connectivity index (χ2v) is 6.74. The van der Waals surface area contributed by atoms with Crippen molar-refractivity contribution in [3.63, 3.8) is 0 Å². The fourth-order valence-corrected chi connectivity index (χ4v) is 2.20. The third-order valence-corrected chi connectivity index (χ3v) is 3.31. The second kappa shape index (κ2) is 7.34. The molecule has 0 fully saturated rings. The van der Waals surface area contributed by atoms with Crippen LogP contribution in [0.1, 0.15) is 41.7 Å². The highest BCUT2D eigenvalue weighted by atomic mass is 16.6. The maximum atomic E-state index is 12.2. The Kier molecular flexibility index (Phi) is 5.39. The molecule has 2 aromatic heterocycles. The number of aromatic nitrogens is 2. The molecule has 0 bridgehead atoms. The number of ether oxygens (including phenoxy) is 1. The number of aromatic amines is 1. The molecule has 4 N–H and O–H groups in total. The van der Waals surface area contributed by atoms with Crippen LogP contribution in [0.4, 0.5) is 16.2 Å². The lowest BCUT2D eigenvalue weighted by molar-refractivity contribution is 0.0633. The van der Waals surface area contributed by atoms with E-state index in [-0.39, 0.29) is 18.0 Å². The summed E-state index contributed by atoms with van der Waals surface area (Å²) in [5.41, 5.74) is 0.738. The molecule has 0 aliphatic rings. The number of hydrogen-bond donors (Lipinski definition) is 4. The molecule has 1 amide bonds. The number of H-pyrrole nitrogens is 1. The minimum absolute atomic E-state index is 0.0323. The van der Waals surface area contributed by atoms with Crippen molar-refractivity contribution in [1.82, 2.24) is 9.55 Å². The smallest absolute Gasteiger partial charge is 0.412 e. The predicted molar refractivity (Wildman–Crippen MR) is 95.8 cm³/mol. The number of carbonyl (C=O) groups is 3. The van der Waals surface area contributed by atoms with Gasteiger partial charge in [-0.3, -0.25) is 10.1 Å². The third kappa shape index (κ3) is 5.13. The van der Waals surface area contributed by atoms with E-state index in [4.69, 9.17) is 9.84 Å². The number of aryl methyl sites for hydroxylation is 1. The van der Waals surface area contributed by atoms with Crippen molar-refractivity contribution < 1.29 is 24.2 Å². The van der Waals surface area contributed by atoms with Gasteiger partial charge in [0.2, 0.25) is 0 Å². The Morgan fingerprint density at radius 2 is 1.92 bits per heavy atom. The molecular weight excluding hydrogens is 340 g/mol. The lowest BCUT2D eigenvalue weighted by Crippen LogP contribution is -2.27. The quantitative estimate of drug-likeness (QED) is 0.586. The number of anilines is 2. The summed E-state index contributed by atoms with van der Waals surface area (Å²) in [6.07, 6.45) is 2.46. The highest BCUT2D eigenvalue weighted by Gasteiger charge is 2.17. The summed E-state index contributed by atoms with van der Waals surface area (Å²) < 4.78 is 6.59. The molecule has 9 nitrogen and oxygen atoms in total. The molecule has 2 heterocycles. The van der Waals surface area contributed by atoms with E-state index in [0.717, 1.165) is 0 Å². The van der Waals surface area contributed by atoms with Crippen molar-refractivity contribution in [3.05, 3.63) is 35.9 Å². The Bertz CT molecular complexity index is 829. The molecule has 0 aromatic carbocycles. The molecule has 0 spiro atoms. The number of carboxylic acid groups (broad SMARTS) is 1. The fraction of sp³-hybridized carbons (Fsp3) is 0.353. The standard InChI is InChI=1S/C17H22N4O5/c1-17(2,3)26-16(25)20-10-5-12(19-7-10)14(22)8-18-11-6-13(15(23)24)21(4)9-11/h5-7,9,18-19H,8H2,1-4H3,(H,20,25)(H,23,24). The number of amides is 1. The molecule has 2 aromatic rings. The Hall–Kier alpha value is -3.23. The van der Waals surface area contributed by atoms with Gasteiger partial charge in [-0.2, -0.15) is 0 Å². The van der Waals surface area contributed by atoms with E-state index < -0.39 is 17.7 Å². The molecule has 0 saturated heterocycles. The van der Waals surface area contributed by atoms with Gasteiger partial charge in [-0.15, -0.1) is 0 Å². The topological polar surface area (TPSA) is 125 Å². The van der Waals surface area contributed by atoms with Crippen molar-refractivity contribution >= 4 is 29.2 Å². The molecule has 0 unspecified atom stereocenters. The lowest BCUT2D eigenvalue weighted by Gasteiger charge is -2.19. The average Bonchev–Trinajstić information content (AvgIpc) is 3.09. The number of aromatic carboxylic acids is 1. The van der Waals surface area contributed by atoms with E-state index in [2.05, 4.69) is 15.6 Å². The average molecular weight is 362 g/mol. The van der Waals surface area contributed by atoms with Crippen molar-refractivity contribution in [3.8, 4) is 0 Å². The summed E-state index contributed by atoms with van der Waals surface area (Å²) in [5.74, 6) is -1.29. The zero-order valence-electron chi connectivity index (χ0n) is 15.0.